The molecule has 150 valence electrons. The Morgan fingerprint density at radius 1 is 1.25 bits per heavy atom. The van der Waals surface area contributed by atoms with Crippen molar-refractivity contribution in [1.29, 1.82) is 0 Å². The summed E-state index contributed by atoms with van der Waals surface area (Å²) in [4.78, 5) is 35.7. The quantitative estimate of drug-likeness (QED) is 0.670. The van der Waals surface area contributed by atoms with Crippen molar-refractivity contribution in [3.05, 3.63) is 30.0 Å². The lowest BCUT2D eigenvalue weighted by Crippen LogP contribution is -2.50. The van der Waals surface area contributed by atoms with Crippen LogP contribution >= 0.6 is 0 Å². The first-order valence-corrected chi connectivity index (χ1v) is 9.67. The van der Waals surface area contributed by atoms with E-state index >= 15 is 0 Å². The Morgan fingerprint density at radius 2 is 1.93 bits per heavy atom. The second-order valence-corrected chi connectivity index (χ2v) is 7.53. The molecule has 2 unspecified atom stereocenters. The molecule has 2 amide bonds. The van der Waals surface area contributed by atoms with Crippen LogP contribution in [0.3, 0.4) is 0 Å². The summed E-state index contributed by atoms with van der Waals surface area (Å²) >= 11 is 0. The number of carboxylic acids is 1. The van der Waals surface area contributed by atoms with Crippen molar-refractivity contribution in [3.8, 4) is 0 Å². The molecule has 1 aromatic heterocycles. The van der Waals surface area contributed by atoms with E-state index in [1.807, 2.05) is 22.9 Å². The van der Waals surface area contributed by atoms with Gasteiger partial charge in [0.2, 0.25) is 5.91 Å². The van der Waals surface area contributed by atoms with Crippen molar-refractivity contribution in [1.82, 2.24) is 15.1 Å². The largest absolute Gasteiger partial charge is 0.481 e. The maximum Gasteiger partial charge on any atom is 0.308 e. The molecular formula is C20H26N4O4. The first-order valence-electron chi connectivity index (χ1n) is 9.67. The van der Waals surface area contributed by atoms with Gasteiger partial charge >= 0.3 is 5.97 Å². The van der Waals surface area contributed by atoms with Crippen LogP contribution in [-0.4, -0.2) is 38.7 Å². The van der Waals surface area contributed by atoms with Gasteiger partial charge in [0.1, 0.15) is 6.04 Å². The fraction of sp³-hybridized carbons (Fsp3) is 0.500. The smallest absolute Gasteiger partial charge is 0.308 e. The third kappa shape index (κ3) is 4.16. The van der Waals surface area contributed by atoms with Gasteiger partial charge in [0.15, 0.2) is 5.69 Å². The van der Waals surface area contributed by atoms with E-state index in [0.29, 0.717) is 11.3 Å². The minimum absolute atomic E-state index is 0.176. The number of aromatic nitrogens is 2. The lowest BCUT2D eigenvalue weighted by Gasteiger charge is -2.21. The van der Waals surface area contributed by atoms with Crippen LogP contribution in [-0.2, 0) is 16.1 Å². The SMILES string of the molecule is CC(C(=O)O)C(NC(=O)c1nn(CC2CCCCC2)c2ccccc12)C(N)=O. The third-order valence-electron chi connectivity index (χ3n) is 5.51. The van der Waals surface area contributed by atoms with Crippen LogP contribution in [0.5, 0.6) is 0 Å². The van der Waals surface area contributed by atoms with Crippen molar-refractivity contribution >= 4 is 28.7 Å². The molecule has 0 bridgehead atoms. The number of rotatable bonds is 7. The second kappa shape index (κ2) is 8.41. The Labute approximate surface area is 163 Å². The van der Waals surface area contributed by atoms with Crippen LogP contribution in [0.2, 0.25) is 0 Å². The van der Waals surface area contributed by atoms with Gasteiger partial charge in [-0.1, -0.05) is 37.5 Å². The minimum Gasteiger partial charge on any atom is -0.481 e. The van der Waals surface area contributed by atoms with Crippen LogP contribution in [0.1, 0.15) is 49.5 Å². The Kier molecular flexibility index (Phi) is 5.96. The maximum atomic E-state index is 12.8. The highest BCUT2D eigenvalue weighted by Gasteiger charge is 2.31. The van der Waals surface area contributed by atoms with Crippen molar-refractivity contribution in [3.63, 3.8) is 0 Å². The number of nitrogens with two attached hydrogens (primary N) is 1. The lowest BCUT2D eigenvalue weighted by molar-refractivity contribution is -0.144. The van der Waals surface area contributed by atoms with Gasteiger partial charge in [0, 0.05) is 11.9 Å². The summed E-state index contributed by atoms with van der Waals surface area (Å²) in [7, 11) is 0. The van der Waals surface area contributed by atoms with Crippen molar-refractivity contribution in [2.24, 2.45) is 17.6 Å². The summed E-state index contributed by atoms with van der Waals surface area (Å²) < 4.78 is 1.85. The van der Waals surface area contributed by atoms with Gasteiger partial charge in [-0.3, -0.25) is 19.1 Å². The number of nitrogens with zero attached hydrogens (tertiary/aromatic N) is 2. The summed E-state index contributed by atoms with van der Waals surface area (Å²) in [5.41, 5.74) is 6.32. The van der Waals surface area contributed by atoms with Gasteiger partial charge in [-0.05, 0) is 31.7 Å². The average molecular weight is 386 g/mol. The molecule has 0 aliphatic heterocycles. The monoisotopic (exact) mass is 386 g/mol. The number of primary amides is 1. The molecule has 1 aliphatic rings. The number of nitrogens with one attached hydrogen (secondary N) is 1. The Balaban J connectivity index is 1.88. The van der Waals surface area contributed by atoms with Crippen molar-refractivity contribution in [2.45, 2.75) is 51.6 Å². The molecule has 28 heavy (non-hydrogen) atoms. The second-order valence-electron chi connectivity index (χ2n) is 7.53. The number of hydrogen-bond donors (Lipinski definition) is 3. The number of carboxylic acid groups (broad SMARTS) is 1. The molecule has 4 N–H and O–H groups in total. The predicted molar refractivity (Wildman–Crippen MR) is 104 cm³/mol. The molecule has 1 heterocycles. The van der Waals surface area contributed by atoms with Gasteiger partial charge in [-0.15, -0.1) is 0 Å². The Bertz CT molecular complexity index is 885. The first-order chi connectivity index (χ1) is 13.4. The normalized spacial score (nSPS) is 17.2. The van der Waals surface area contributed by atoms with Crippen LogP contribution in [0.15, 0.2) is 24.3 Å². The van der Waals surface area contributed by atoms with E-state index in [-0.39, 0.29) is 5.69 Å². The maximum absolute atomic E-state index is 12.8. The molecule has 2 atom stereocenters. The molecular weight excluding hydrogens is 360 g/mol. The van der Waals surface area contributed by atoms with E-state index in [4.69, 9.17) is 10.8 Å². The van der Waals surface area contributed by atoms with E-state index in [0.717, 1.165) is 24.9 Å². The van der Waals surface area contributed by atoms with Gasteiger partial charge in [0.25, 0.3) is 5.91 Å². The molecule has 1 saturated carbocycles. The van der Waals surface area contributed by atoms with Crippen molar-refractivity contribution < 1.29 is 19.5 Å². The molecule has 1 aromatic carbocycles. The molecule has 8 nitrogen and oxygen atoms in total. The highest BCUT2D eigenvalue weighted by Crippen LogP contribution is 2.27. The molecule has 8 heteroatoms. The molecule has 0 radical (unpaired) electrons. The van der Waals surface area contributed by atoms with E-state index in [9.17, 15) is 14.4 Å². The van der Waals surface area contributed by atoms with Crippen LogP contribution in [0.4, 0.5) is 0 Å². The fourth-order valence-corrected chi connectivity index (χ4v) is 3.84. The van der Waals surface area contributed by atoms with Crippen LogP contribution in [0, 0.1) is 11.8 Å². The number of para-hydroxylation sites is 1. The molecule has 1 aliphatic carbocycles. The number of amides is 2. The topological polar surface area (TPSA) is 127 Å². The molecule has 0 saturated heterocycles. The zero-order valence-corrected chi connectivity index (χ0v) is 15.9. The summed E-state index contributed by atoms with van der Waals surface area (Å²) in [6.45, 7) is 2.07. The van der Waals surface area contributed by atoms with Crippen LogP contribution < -0.4 is 11.1 Å². The minimum atomic E-state index is -1.31. The zero-order valence-electron chi connectivity index (χ0n) is 15.9. The molecule has 2 aromatic rings. The number of aliphatic carboxylic acids is 1. The van der Waals surface area contributed by atoms with E-state index < -0.39 is 29.7 Å². The Hall–Kier alpha value is -2.90. The van der Waals surface area contributed by atoms with Crippen LogP contribution in [0.25, 0.3) is 10.9 Å². The van der Waals surface area contributed by atoms with Gasteiger partial charge in [0.05, 0.1) is 11.4 Å². The first kappa shape index (κ1) is 19.9. The lowest BCUT2D eigenvalue weighted by atomic mass is 9.89. The van der Waals surface area contributed by atoms with E-state index in [2.05, 4.69) is 10.4 Å². The zero-order chi connectivity index (χ0) is 20.3. The number of carbonyl (C=O) groups is 3. The number of fused-ring (bicyclic) bond motifs is 1. The summed E-state index contributed by atoms with van der Waals surface area (Å²) in [6, 6.07) is 6.10. The summed E-state index contributed by atoms with van der Waals surface area (Å²) in [6.07, 6.45) is 5.99. The summed E-state index contributed by atoms with van der Waals surface area (Å²) in [5, 5.41) is 16.8. The fourth-order valence-electron chi connectivity index (χ4n) is 3.84. The number of carbonyl (C=O) groups excluding carboxylic acids is 2. The van der Waals surface area contributed by atoms with Gasteiger partial charge in [-0.25, -0.2) is 0 Å². The molecule has 0 spiro atoms. The third-order valence-corrected chi connectivity index (χ3v) is 5.51. The molecule has 1 fully saturated rings. The predicted octanol–water partition coefficient (Wildman–Crippen LogP) is 1.92. The average Bonchev–Trinajstić information content (AvgIpc) is 3.04. The highest BCUT2D eigenvalue weighted by molar-refractivity contribution is 6.06. The number of benzene rings is 1. The number of hydrogen-bond acceptors (Lipinski definition) is 4. The van der Waals surface area contributed by atoms with Gasteiger partial charge in [-0.2, -0.15) is 5.10 Å². The van der Waals surface area contributed by atoms with E-state index in [1.165, 1.54) is 26.2 Å². The Morgan fingerprint density at radius 3 is 2.57 bits per heavy atom. The standard InChI is InChI=1S/C20H26N4O4/c1-12(20(27)28)16(18(21)25)22-19(26)17-14-9-5-6-10-15(14)24(23-17)11-13-7-3-2-4-8-13/h5-6,9-10,12-13,16H,2-4,7-8,11H2,1H3,(H2,21,25)(H,22,26)(H,27,28). The van der Waals surface area contributed by atoms with E-state index in [1.54, 1.807) is 6.07 Å². The van der Waals surface area contributed by atoms with Gasteiger partial charge < -0.3 is 16.2 Å². The summed E-state index contributed by atoms with van der Waals surface area (Å²) in [5.74, 6) is -3.32. The van der Waals surface area contributed by atoms with Crippen molar-refractivity contribution in [2.75, 3.05) is 0 Å². The molecule has 3 rings (SSSR count). The highest BCUT2D eigenvalue weighted by atomic mass is 16.4.